The van der Waals surface area contributed by atoms with Crippen LogP contribution in [0.3, 0.4) is 0 Å². The summed E-state index contributed by atoms with van der Waals surface area (Å²) in [5.41, 5.74) is 12.5. The predicted molar refractivity (Wildman–Crippen MR) is 56.2 cm³/mol. The molecule has 0 atom stereocenters. The molecule has 0 aliphatic rings. The Hall–Kier alpha value is -1.09. The quantitative estimate of drug-likeness (QED) is 0.425. The average Bonchev–Trinajstić information content (AvgIpc) is 2.07. The minimum atomic E-state index is 0.637. The van der Waals surface area contributed by atoms with Gasteiger partial charge in [-0.2, -0.15) is 0 Å². The van der Waals surface area contributed by atoms with Crippen LogP contribution in [0.5, 0.6) is 0 Å². The molecular weight excluding hydrogens is 168 g/mol. The molecule has 0 aliphatic heterocycles. The van der Waals surface area contributed by atoms with Gasteiger partial charge in [-0.3, -0.25) is 0 Å². The Morgan fingerprint density at radius 1 is 1.33 bits per heavy atom. The first kappa shape index (κ1) is 9.00. The summed E-state index contributed by atoms with van der Waals surface area (Å²) in [5, 5.41) is 0. The highest BCUT2D eigenvalue weighted by atomic mass is 32.2. The van der Waals surface area contributed by atoms with Crippen molar-refractivity contribution in [3.8, 4) is 0 Å². The second-order valence-corrected chi connectivity index (χ2v) is 3.48. The first-order chi connectivity index (χ1) is 5.74. The number of rotatable bonds is 3. The number of hydrogen-bond donors (Lipinski definition) is 2. The summed E-state index contributed by atoms with van der Waals surface area (Å²) in [4.78, 5) is 1.13. The van der Waals surface area contributed by atoms with Gasteiger partial charge in [-0.05, 0) is 18.2 Å². The van der Waals surface area contributed by atoms with Crippen LogP contribution < -0.4 is 11.5 Å². The lowest BCUT2D eigenvalue weighted by Gasteiger charge is -2.02. The van der Waals surface area contributed by atoms with E-state index in [1.54, 1.807) is 11.8 Å². The molecule has 0 saturated heterocycles. The van der Waals surface area contributed by atoms with Gasteiger partial charge in [0.05, 0.1) is 11.4 Å². The highest BCUT2D eigenvalue weighted by molar-refractivity contribution is 7.99. The summed E-state index contributed by atoms with van der Waals surface area (Å²) in [7, 11) is 0. The second-order valence-electron chi connectivity index (χ2n) is 2.39. The van der Waals surface area contributed by atoms with E-state index in [-0.39, 0.29) is 0 Å². The molecule has 12 heavy (non-hydrogen) atoms. The van der Waals surface area contributed by atoms with E-state index in [4.69, 9.17) is 11.5 Å². The van der Waals surface area contributed by atoms with Gasteiger partial charge in [0, 0.05) is 10.6 Å². The molecule has 1 rings (SSSR count). The van der Waals surface area contributed by atoms with E-state index in [0.717, 1.165) is 10.6 Å². The summed E-state index contributed by atoms with van der Waals surface area (Å²) in [6.45, 7) is 3.64. The third kappa shape index (κ3) is 2.20. The fourth-order valence-electron chi connectivity index (χ4n) is 0.798. The van der Waals surface area contributed by atoms with Crippen LogP contribution in [0.1, 0.15) is 0 Å². The Morgan fingerprint density at radius 3 is 2.67 bits per heavy atom. The van der Waals surface area contributed by atoms with Crippen molar-refractivity contribution in [2.24, 2.45) is 0 Å². The molecule has 0 heterocycles. The molecular formula is C9H12N2S. The van der Waals surface area contributed by atoms with Crippen molar-refractivity contribution in [2.45, 2.75) is 4.90 Å². The van der Waals surface area contributed by atoms with E-state index in [2.05, 4.69) is 6.58 Å². The highest BCUT2D eigenvalue weighted by Gasteiger charge is 1.96. The zero-order chi connectivity index (χ0) is 8.97. The Kier molecular flexibility index (Phi) is 3.05. The van der Waals surface area contributed by atoms with Crippen molar-refractivity contribution < 1.29 is 0 Å². The molecule has 1 aromatic carbocycles. The van der Waals surface area contributed by atoms with E-state index in [1.165, 1.54) is 0 Å². The van der Waals surface area contributed by atoms with Gasteiger partial charge in [0.1, 0.15) is 0 Å². The van der Waals surface area contributed by atoms with Crippen LogP contribution in [-0.4, -0.2) is 5.75 Å². The van der Waals surface area contributed by atoms with E-state index < -0.39 is 0 Å². The van der Waals surface area contributed by atoms with E-state index >= 15 is 0 Å². The molecule has 0 saturated carbocycles. The molecule has 2 nitrogen and oxygen atoms in total. The van der Waals surface area contributed by atoms with Gasteiger partial charge in [0.15, 0.2) is 0 Å². The molecule has 0 bridgehead atoms. The van der Waals surface area contributed by atoms with Crippen LogP contribution in [0.25, 0.3) is 0 Å². The average molecular weight is 180 g/mol. The molecule has 0 fully saturated rings. The maximum Gasteiger partial charge on any atom is 0.0559 e. The Bertz CT molecular complexity index is 284. The van der Waals surface area contributed by atoms with Gasteiger partial charge in [0.2, 0.25) is 0 Å². The summed E-state index contributed by atoms with van der Waals surface area (Å²) in [5.74, 6) is 0.892. The maximum atomic E-state index is 5.63. The first-order valence-electron chi connectivity index (χ1n) is 3.62. The molecule has 1 aromatic rings. The normalized spacial score (nSPS) is 9.67. The fourth-order valence-corrected chi connectivity index (χ4v) is 1.48. The number of anilines is 2. The van der Waals surface area contributed by atoms with Crippen molar-refractivity contribution in [2.75, 3.05) is 17.2 Å². The molecule has 0 radical (unpaired) electrons. The molecule has 0 aliphatic carbocycles. The molecule has 0 unspecified atom stereocenters. The van der Waals surface area contributed by atoms with Crippen LogP contribution in [0.2, 0.25) is 0 Å². The van der Waals surface area contributed by atoms with Crippen molar-refractivity contribution in [1.82, 2.24) is 0 Å². The Balaban J connectivity index is 2.75. The van der Waals surface area contributed by atoms with Gasteiger partial charge in [0.25, 0.3) is 0 Å². The van der Waals surface area contributed by atoms with E-state index in [1.807, 2.05) is 24.3 Å². The summed E-state index contributed by atoms with van der Waals surface area (Å²) >= 11 is 1.69. The smallest absolute Gasteiger partial charge is 0.0559 e. The number of hydrogen-bond acceptors (Lipinski definition) is 3. The highest BCUT2D eigenvalue weighted by Crippen LogP contribution is 2.24. The zero-order valence-electron chi connectivity index (χ0n) is 6.79. The lowest BCUT2D eigenvalue weighted by Crippen LogP contribution is -1.93. The van der Waals surface area contributed by atoms with Crippen LogP contribution >= 0.6 is 11.8 Å². The van der Waals surface area contributed by atoms with Crippen LogP contribution in [0, 0.1) is 0 Å². The van der Waals surface area contributed by atoms with Gasteiger partial charge in [-0.15, -0.1) is 18.3 Å². The zero-order valence-corrected chi connectivity index (χ0v) is 7.60. The standard InChI is InChI=1S/C9H12N2S/c1-2-5-12-7-3-4-8(10)9(11)6-7/h2-4,6H,1,5,10-11H2. The van der Waals surface area contributed by atoms with Crippen molar-refractivity contribution >= 4 is 23.1 Å². The number of benzene rings is 1. The predicted octanol–water partition coefficient (Wildman–Crippen LogP) is 2.13. The lowest BCUT2D eigenvalue weighted by molar-refractivity contribution is 1.46. The molecule has 4 N–H and O–H groups in total. The largest absolute Gasteiger partial charge is 0.397 e. The van der Waals surface area contributed by atoms with Crippen LogP contribution in [-0.2, 0) is 0 Å². The Labute approximate surface area is 76.6 Å². The van der Waals surface area contributed by atoms with Crippen LogP contribution in [0.4, 0.5) is 11.4 Å². The molecule has 0 spiro atoms. The Morgan fingerprint density at radius 2 is 2.08 bits per heavy atom. The number of nitrogens with two attached hydrogens (primary N) is 2. The lowest BCUT2D eigenvalue weighted by atomic mass is 10.3. The summed E-state index contributed by atoms with van der Waals surface area (Å²) < 4.78 is 0. The van der Waals surface area contributed by atoms with Crippen molar-refractivity contribution in [3.63, 3.8) is 0 Å². The number of thioether (sulfide) groups is 1. The van der Waals surface area contributed by atoms with Gasteiger partial charge >= 0.3 is 0 Å². The van der Waals surface area contributed by atoms with Gasteiger partial charge < -0.3 is 11.5 Å². The molecule has 0 aromatic heterocycles. The monoisotopic (exact) mass is 180 g/mol. The SMILES string of the molecule is C=CCSc1ccc(N)c(N)c1. The molecule has 64 valence electrons. The summed E-state index contributed by atoms with van der Waals surface area (Å²) in [6.07, 6.45) is 1.86. The fraction of sp³-hybridized carbons (Fsp3) is 0.111. The third-order valence-electron chi connectivity index (χ3n) is 1.43. The topological polar surface area (TPSA) is 52.0 Å². The maximum absolute atomic E-state index is 5.63. The first-order valence-corrected chi connectivity index (χ1v) is 4.61. The number of nitrogen functional groups attached to an aromatic ring is 2. The van der Waals surface area contributed by atoms with Gasteiger partial charge in [-0.1, -0.05) is 6.08 Å². The molecule has 3 heteroatoms. The minimum absolute atomic E-state index is 0.637. The van der Waals surface area contributed by atoms with Crippen molar-refractivity contribution in [1.29, 1.82) is 0 Å². The van der Waals surface area contributed by atoms with E-state index in [9.17, 15) is 0 Å². The second kappa shape index (κ2) is 4.07. The molecule has 0 amide bonds. The van der Waals surface area contributed by atoms with Crippen molar-refractivity contribution in [3.05, 3.63) is 30.9 Å². The minimum Gasteiger partial charge on any atom is -0.397 e. The third-order valence-corrected chi connectivity index (χ3v) is 2.42. The van der Waals surface area contributed by atoms with Crippen LogP contribution in [0.15, 0.2) is 35.7 Å². The van der Waals surface area contributed by atoms with E-state index in [0.29, 0.717) is 11.4 Å². The summed E-state index contributed by atoms with van der Waals surface area (Å²) in [6, 6.07) is 5.66. The van der Waals surface area contributed by atoms with Gasteiger partial charge in [-0.25, -0.2) is 0 Å².